The number of amides is 1. The van der Waals surface area contributed by atoms with Crippen LogP contribution in [-0.2, 0) is 12.0 Å². The predicted octanol–water partition coefficient (Wildman–Crippen LogP) is 4.68. The molecule has 2 unspecified atom stereocenters. The maximum atomic E-state index is 16.3. The van der Waals surface area contributed by atoms with E-state index in [4.69, 9.17) is 22.1 Å². The van der Waals surface area contributed by atoms with Crippen molar-refractivity contribution in [2.45, 2.75) is 50.0 Å². The Bertz CT molecular complexity index is 1460. The first-order chi connectivity index (χ1) is 18.2. The van der Waals surface area contributed by atoms with E-state index in [1.54, 1.807) is 6.92 Å². The fraction of sp³-hybridized carbons (Fsp3) is 0.345. The summed E-state index contributed by atoms with van der Waals surface area (Å²) in [5, 5.41) is 25.7. The number of primary amides is 1. The molecule has 38 heavy (non-hydrogen) atoms. The van der Waals surface area contributed by atoms with Crippen LogP contribution in [0.3, 0.4) is 0 Å². The molecule has 9 heteroatoms. The highest BCUT2D eigenvalue weighted by atomic mass is 35.5. The molecular weight excluding hydrogens is 514 g/mol. The molecule has 5 atom stereocenters. The quantitative estimate of drug-likeness (QED) is 0.384. The van der Waals surface area contributed by atoms with E-state index < -0.39 is 40.4 Å². The number of nitrogens with two attached hydrogens (primary N) is 1. The molecule has 2 heterocycles. The first kappa shape index (κ1) is 25.2. The summed E-state index contributed by atoms with van der Waals surface area (Å²) in [4.78, 5) is 12.6. The second-order valence-electron chi connectivity index (χ2n) is 10.4. The minimum absolute atomic E-state index is 0.00353. The van der Waals surface area contributed by atoms with Crippen molar-refractivity contribution in [1.29, 1.82) is 0 Å². The zero-order chi connectivity index (χ0) is 26.9. The van der Waals surface area contributed by atoms with Crippen LogP contribution in [0.15, 0.2) is 42.5 Å². The Labute approximate surface area is 223 Å². The van der Waals surface area contributed by atoms with Crippen LogP contribution in [0.1, 0.15) is 64.6 Å². The van der Waals surface area contributed by atoms with E-state index in [0.29, 0.717) is 30.5 Å². The molecule has 0 saturated carbocycles. The van der Waals surface area contributed by atoms with Crippen LogP contribution in [0, 0.1) is 17.6 Å². The maximum Gasteiger partial charge on any atom is 0.249 e. The lowest BCUT2D eigenvalue weighted by atomic mass is 9.77. The lowest BCUT2D eigenvalue weighted by molar-refractivity contribution is -0.0566. The summed E-state index contributed by atoms with van der Waals surface area (Å²) in [7, 11) is 0. The van der Waals surface area contributed by atoms with Gasteiger partial charge in [-0.1, -0.05) is 48.9 Å². The van der Waals surface area contributed by atoms with Crippen molar-refractivity contribution >= 4 is 17.5 Å². The van der Waals surface area contributed by atoms with Gasteiger partial charge >= 0.3 is 0 Å². The van der Waals surface area contributed by atoms with Gasteiger partial charge in [-0.25, -0.2) is 8.78 Å². The molecule has 1 aliphatic carbocycles. The van der Waals surface area contributed by atoms with Crippen LogP contribution in [0.4, 0.5) is 8.78 Å². The van der Waals surface area contributed by atoms with Gasteiger partial charge in [-0.3, -0.25) is 4.79 Å². The summed E-state index contributed by atoms with van der Waals surface area (Å²) in [6.45, 7) is 2.47. The van der Waals surface area contributed by atoms with Gasteiger partial charge in [0.05, 0.1) is 22.7 Å². The second-order valence-corrected chi connectivity index (χ2v) is 10.8. The molecule has 1 saturated heterocycles. The highest BCUT2D eigenvalue weighted by molar-refractivity contribution is 6.34. The number of hydrogen-bond donors (Lipinski definition) is 4. The molecule has 0 radical (unpaired) electrons. The smallest absolute Gasteiger partial charge is 0.249 e. The van der Waals surface area contributed by atoms with Gasteiger partial charge in [-0.05, 0) is 48.9 Å². The Morgan fingerprint density at radius 2 is 1.89 bits per heavy atom. The number of aliphatic hydroxyl groups excluding tert-OH is 2. The van der Waals surface area contributed by atoms with E-state index in [1.165, 1.54) is 6.07 Å². The van der Waals surface area contributed by atoms with Gasteiger partial charge in [0.2, 0.25) is 5.91 Å². The Morgan fingerprint density at radius 1 is 1.16 bits per heavy atom. The molecule has 6 rings (SSSR count). The summed E-state index contributed by atoms with van der Waals surface area (Å²) in [5.41, 5.74) is 4.76. The summed E-state index contributed by atoms with van der Waals surface area (Å²) in [5.74, 6) is -3.05. The van der Waals surface area contributed by atoms with E-state index in [-0.39, 0.29) is 45.5 Å². The summed E-state index contributed by atoms with van der Waals surface area (Å²) < 4.78 is 38.1. The number of fused-ring (bicyclic) bond motifs is 2. The Balaban J connectivity index is 1.65. The van der Waals surface area contributed by atoms with Gasteiger partial charge in [-0.2, -0.15) is 0 Å². The Hall–Kier alpha value is -3.04. The SMILES string of the molecule is CC1Cc2cc(C(N)=O)c(-c3c(Cl)c(F)cc4c3[C@H](O)[C@](c3ccccc3)([C@@H]3CCCN3)O4)c(F)c2C1O. The number of ether oxygens (including phenoxy) is 1. The third-order valence-electron chi connectivity index (χ3n) is 8.27. The van der Waals surface area contributed by atoms with Gasteiger partial charge in [0.25, 0.3) is 0 Å². The van der Waals surface area contributed by atoms with Crippen molar-refractivity contribution in [3.05, 3.63) is 86.9 Å². The predicted molar refractivity (Wildman–Crippen MR) is 138 cm³/mol. The Kier molecular flexibility index (Phi) is 5.99. The lowest BCUT2D eigenvalue weighted by Crippen LogP contribution is -2.51. The number of nitrogens with one attached hydrogen (secondary N) is 1. The first-order valence-corrected chi connectivity index (χ1v) is 13.1. The highest BCUT2D eigenvalue weighted by Crippen LogP contribution is 2.58. The van der Waals surface area contributed by atoms with E-state index >= 15 is 8.78 Å². The average Bonchev–Trinajstić information content (AvgIpc) is 3.60. The van der Waals surface area contributed by atoms with Gasteiger partial charge in [0, 0.05) is 28.3 Å². The van der Waals surface area contributed by atoms with E-state index in [0.717, 1.165) is 12.5 Å². The number of aliphatic hydroxyl groups is 2. The van der Waals surface area contributed by atoms with Crippen LogP contribution in [0.5, 0.6) is 5.75 Å². The minimum Gasteiger partial charge on any atom is -0.477 e. The molecule has 2 aliphatic heterocycles. The molecule has 6 nitrogen and oxygen atoms in total. The van der Waals surface area contributed by atoms with Crippen LogP contribution < -0.4 is 15.8 Å². The van der Waals surface area contributed by atoms with Crippen molar-refractivity contribution in [2.24, 2.45) is 11.7 Å². The van der Waals surface area contributed by atoms with Crippen molar-refractivity contribution < 1.29 is 28.5 Å². The van der Waals surface area contributed by atoms with Gasteiger partial charge < -0.3 is 26.0 Å². The van der Waals surface area contributed by atoms with Gasteiger partial charge in [-0.15, -0.1) is 0 Å². The molecule has 198 valence electrons. The molecule has 0 bridgehead atoms. The highest BCUT2D eigenvalue weighted by Gasteiger charge is 2.57. The van der Waals surface area contributed by atoms with E-state index in [1.807, 2.05) is 30.3 Å². The minimum atomic E-state index is -1.40. The molecule has 3 aliphatic rings. The van der Waals surface area contributed by atoms with Gasteiger partial charge in [0.15, 0.2) is 5.60 Å². The van der Waals surface area contributed by atoms with Crippen molar-refractivity contribution in [3.8, 4) is 16.9 Å². The molecule has 0 aromatic heterocycles. The molecule has 3 aromatic carbocycles. The first-order valence-electron chi connectivity index (χ1n) is 12.7. The summed E-state index contributed by atoms with van der Waals surface area (Å²) >= 11 is 6.50. The summed E-state index contributed by atoms with van der Waals surface area (Å²) in [6.07, 6.45) is -0.664. The molecule has 1 amide bonds. The fourth-order valence-electron chi connectivity index (χ4n) is 6.49. The maximum absolute atomic E-state index is 16.3. The lowest BCUT2D eigenvalue weighted by Gasteiger charge is -2.38. The number of carbonyl (C=O) groups excluding carboxylic acids is 1. The number of rotatable bonds is 4. The number of carbonyl (C=O) groups is 1. The average molecular weight is 541 g/mol. The van der Waals surface area contributed by atoms with Crippen molar-refractivity contribution in [2.75, 3.05) is 6.54 Å². The zero-order valence-corrected chi connectivity index (χ0v) is 21.4. The monoisotopic (exact) mass is 540 g/mol. The molecule has 5 N–H and O–H groups in total. The van der Waals surface area contributed by atoms with Crippen LogP contribution >= 0.6 is 11.6 Å². The fourth-order valence-corrected chi connectivity index (χ4v) is 6.74. The van der Waals surface area contributed by atoms with Crippen LogP contribution in [-0.4, -0.2) is 28.7 Å². The van der Waals surface area contributed by atoms with E-state index in [9.17, 15) is 15.0 Å². The normalized spacial score (nSPS) is 27.7. The second kappa shape index (κ2) is 9.02. The molecule has 1 fully saturated rings. The summed E-state index contributed by atoms with van der Waals surface area (Å²) in [6, 6.07) is 11.3. The molecular formula is C29H27ClF2N2O4. The van der Waals surface area contributed by atoms with E-state index in [2.05, 4.69) is 5.32 Å². The number of hydrogen-bond acceptors (Lipinski definition) is 5. The number of halogens is 3. The third kappa shape index (κ3) is 3.44. The zero-order valence-electron chi connectivity index (χ0n) is 20.6. The number of benzene rings is 3. The Morgan fingerprint density at radius 3 is 2.55 bits per heavy atom. The van der Waals surface area contributed by atoms with Gasteiger partial charge in [0.1, 0.15) is 23.5 Å². The molecule has 3 aromatic rings. The topological polar surface area (TPSA) is 105 Å². The van der Waals surface area contributed by atoms with Crippen LogP contribution in [0.2, 0.25) is 5.02 Å². The standard InChI is InChI=1S/C29H27ClF2N2O4/c1-13-10-14-11-16(28(33)37)21(25(32)20(14)26(13)35)23-22-18(12-17(31)24(23)30)38-29(27(22)36,19-8-5-9-34-19)15-6-3-2-4-7-15/h2-4,6-7,11-13,19,26-27,34-36H,5,8-10H2,1H3,(H2,33,37)/t13?,19-,26?,27-,29-/m0/s1. The largest absolute Gasteiger partial charge is 0.477 e. The molecule has 0 spiro atoms. The third-order valence-corrected chi connectivity index (χ3v) is 8.63. The van der Waals surface area contributed by atoms with Crippen LogP contribution in [0.25, 0.3) is 11.1 Å². The van der Waals surface area contributed by atoms with Crippen molar-refractivity contribution in [1.82, 2.24) is 5.32 Å². The van der Waals surface area contributed by atoms with Crippen molar-refractivity contribution in [3.63, 3.8) is 0 Å².